The van der Waals surface area contributed by atoms with Crippen LogP contribution in [0.25, 0.3) is 0 Å². The number of rotatable bonds is 3. The van der Waals surface area contributed by atoms with Crippen molar-refractivity contribution in [2.24, 2.45) is 0 Å². The van der Waals surface area contributed by atoms with Crippen molar-refractivity contribution < 1.29 is 9.50 Å². The topological polar surface area (TPSA) is 33.1 Å². The summed E-state index contributed by atoms with van der Waals surface area (Å²) >= 11 is 0. The summed E-state index contributed by atoms with van der Waals surface area (Å²) in [5, 5.41) is 10.7. The van der Waals surface area contributed by atoms with Gasteiger partial charge in [-0.15, -0.1) is 0 Å². The summed E-state index contributed by atoms with van der Waals surface area (Å²) in [7, 11) is 0. The smallest absolute Gasteiger partial charge is 0.123 e. The first-order chi connectivity index (χ1) is 8.16. The van der Waals surface area contributed by atoms with Gasteiger partial charge in [0.1, 0.15) is 11.4 Å². The SMILES string of the molecule is CCC(O)(c1cccnc1)c1cccc(F)c1. The third-order valence-electron chi connectivity index (χ3n) is 2.95. The largest absolute Gasteiger partial charge is 0.380 e. The zero-order valence-electron chi connectivity index (χ0n) is 9.60. The van der Waals surface area contributed by atoms with Crippen LogP contribution in [0, 0.1) is 5.82 Å². The maximum Gasteiger partial charge on any atom is 0.123 e. The predicted octanol–water partition coefficient (Wildman–Crippen LogP) is 2.87. The van der Waals surface area contributed by atoms with E-state index < -0.39 is 5.60 Å². The van der Waals surface area contributed by atoms with Crippen LogP contribution in [0.4, 0.5) is 4.39 Å². The van der Waals surface area contributed by atoms with Crippen molar-refractivity contribution in [2.75, 3.05) is 0 Å². The lowest BCUT2D eigenvalue weighted by Crippen LogP contribution is -2.26. The lowest BCUT2D eigenvalue weighted by atomic mass is 9.85. The second-order valence-electron chi connectivity index (χ2n) is 3.97. The Morgan fingerprint density at radius 2 is 2.00 bits per heavy atom. The minimum absolute atomic E-state index is 0.349. The van der Waals surface area contributed by atoms with Gasteiger partial charge in [-0.2, -0.15) is 0 Å². The second kappa shape index (κ2) is 4.63. The molecule has 1 unspecified atom stereocenters. The summed E-state index contributed by atoms with van der Waals surface area (Å²) in [5.74, 6) is -0.349. The van der Waals surface area contributed by atoms with E-state index in [9.17, 15) is 9.50 Å². The highest BCUT2D eigenvalue weighted by molar-refractivity contribution is 5.34. The summed E-state index contributed by atoms with van der Waals surface area (Å²) in [5.41, 5.74) is 0.0391. The molecule has 0 bridgehead atoms. The quantitative estimate of drug-likeness (QED) is 0.881. The monoisotopic (exact) mass is 231 g/mol. The lowest BCUT2D eigenvalue weighted by Gasteiger charge is -2.27. The minimum atomic E-state index is -1.18. The third kappa shape index (κ3) is 2.19. The van der Waals surface area contributed by atoms with E-state index in [1.807, 2.05) is 6.92 Å². The number of nitrogens with zero attached hydrogens (tertiary/aromatic N) is 1. The number of aromatic nitrogens is 1. The van der Waals surface area contributed by atoms with Crippen LogP contribution >= 0.6 is 0 Å². The van der Waals surface area contributed by atoms with Gasteiger partial charge in [-0.3, -0.25) is 4.98 Å². The van der Waals surface area contributed by atoms with Gasteiger partial charge in [0.25, 0.3) is 0 Å². The normalized spacial score (nSPS) is 14.3. The van der Waals surface area contributed by atoms with Gasteiger partial charge in [0.05, 0.1) is 0 Å². The first-order valence-corrected chi connectivity index (χ1v) is 5.56. The summed E-state index contributed by atoms with van der Waals surface area (Å²) < 4.78 is 13.2. The Balaban J connectivity index is 2.52. The first kappa shape index (κ1) is 11.7. The number of benzene rings is 1. The highest BCUT2D eigenvalue weighted by Crippen LogP contribution is 2.32. The molecule has 1 aromatic carbocycles. The van der Waals surface area contributed by atoms with Crippen molar-refractivity contribution in [3.05, 3.63) is 65.7 Å². The molecule has 0 aliphatic rings. The zero-order chi connectivity index (χ0) is 12.3. The lowest BCUT2D eigenvalue weighted by molar-refractivity contribution is 0.0758. The maximum absolute atomic E-state index is 13.2. The predicted molar refractivity (Wildman–Crippen MR) is 63.9 cm³/mol. The molecule has 0 radical (unpaired) electrons. The van der Waals surface area contributed by atoms with Crippen molar-refractivity contribution in [1.29, 1.82) is 0 Å². The first-order valence-electron chi connectivity index (χ1n) is 5.56. The van der Waals surface area contributed by atoms with Crippen molar-refractivity contribution >= 4 is 0 Å². The number of halogens is 1. The summed E-state index contributed by atoms with van der Waals surface area (Å²) in [4.78, 5) is 3.99. The number of aliphatic hydroxyl groups is 1. The van der Waals surface area contributed by atoms with Crippen LogP contribution in [0.15, 0.2) is 48.8 Å². The molecule has 0 amide bonds. The highest BCUT2D eigenvalue weighted by Gasteiger charge is 2.29. The van der Waals surface area contributed by atoms with Crippen molar-refractivity contribution in [2.45, 2.75) is 18.9 Å². The van der Waals surface area contributed by atoms with E-state index >= 15 is 0 Å². The van der Waals surface area contributed by atoms with Crippen LogP contribution < -0.4 is 0 Å². The van der Waals surface area contributed by atoms with Gasteiger partial charge in [-0.05, 0) is 30.2 Å². The summed E-state index contributed by atoms with van der Waals surface area (Å²) in [6.45, 7) is 1.86. The molecule has 1 N–H and O–H groups in total. The molecule has 2 nitrogen and oxygen atoms in total. The van der Waals surface area contributed by atoms with Crippen LogP contribution in [-0.2, 0) is 5.60 Å². The van der Waals surface area contributed by atoms with Crippen molar-refractivity contribution in [3.8, 4) is 0 Å². The average molecular weight is 231 g/mol. The Hall–Kier alpha value is -1.74. The Morgan fingerprint density at radius 3 is 2.59 bits per heavy atom. The molecule has 1 atom stereocenters. The summed E-state index contributed by atoms with van der Waals surface area (Å²) in [6, 6.07) is 9.59. The van der Waals surface area contributed by atoms with Gasteiger partial charge in [-0.1, -0.05) is 25.1 Å². The second-order valence-corrected chi connectivity index (χ2v) is 3.97. The van der Waals surface area contributed by atoms with E-state index in [1.54, 1.807) is 36.7 Å². The molecule has 1 aromatic heterocycles. The molecule has 0 saturated carbocycles. The van der Waals surface area contributed by atoms with Gasteiger partial charge in [0.2, 0.25) is 0 Å². The Kier molecular flexibility index (Phi) is 3.20. The molecule has 0 aliphatic heterocycles. The fourth-order valence-corrected chi connectivity index (χ4v) is 1.93. The van der Waals surface area contributed by atoms with Crippen LogP contribution in [0.1, 0.15) is 24.5 Å². The molecule has 3 heteroatoms. The molecular weight excluding hydrogens is 217 g/mol. The summed E-state index contributed by atoms with van der Waals surface area (Å²) in [6.07, 6.45) is 3.71. The molecular formula is C14H14FNO. The van der Waals surface area contributed by atoms with E-state index in [-0.39, 0.29) is 5.82 Å². The van der Waals surface area contributed by atoms with Crippen LogP contribution in [-0.4, -0.2) is 10.1 Å². The van der Waals surface area contributed by atoms with Gasteiger partial charge in [-0.25, -0.2) is 4.39 Å². The van der Waals surface area contributed by atoms with Crippen molar-refractivity contribution in [3.63, 3.8) is 0 Å². The maximum atomic E-state index is 13.2. The van der Waals surface area contributed by atoms with E-state index in [2.05, 4.69) is 4.98 Å². The Morgan fingerprint density at radius 1 is 1.24 bits per heavy atom. The molecule has 0 saturated heterocycles. The van der Waals surface area contributed by atoms with E-state index in [0.717, 1.165) is 0 Å². The van der Waals surface area contributed by atoms with Gasteiger partial charge >= 0.3 is 0 Å². The molecule has 0 spiro atoms. The zero-order valence-corrected chi connectivity index (χ0v) is 9.60. The molecule has 1 heterocycles. The fraction of sp³-hybridized carbons (Fsp3) is 0.214. The fourth-order valence-electron chi connectivity index (χ4n) is 1.93. The molecule has 17 heavy (non-hydrogen) atoms. The number of hydrogen-bond acceptors (Lipinski definition) is 2. The van der Waals surface area contributed by atoms with Gasteiger partial charge in [0.15, 0.2) is 0 Å². The van der Waals surface area contributed by atoms with Gasteiger partial charge < -0.3 is 5.11 Å². The molecule has 2 rings (SSSR count). The van der Waals surface area contributed by atoms with Crippen LogP contribution in [0.3, 0.4) is 0 Å². The highest BCUT2D eigenvalue weighted by atomic mass is 19.1. The Bertz CT molecular complexity index is 501. The molecule has 0 fully saturated rings. The number of pyridine rings is 1. The molecule has 0 aliphatic carbocycles. The van der Waals surface area contributed by atoms with Crippen molar-refractivity contribution in [1.82, 2.24) is 4.98 Å². The van der Waals surface area contributed by atoms with E-state index in [1.165, 1.54) is 12.1 Å². The minimum Gasteiger partial charge on any atom is -0.380 e. The van der Waals surface area contributed by atoms with Gasteiger partial charge in [0, 0.05) is 18.0 Å². The van der Waals surface area contributed by atoms with E-state index in [4.69, 9.17) is 0 Å². The number of hydrogen-bond donors (Lipinski definition) is 1. The van der Waals surface area contributed by atoms with Crippen LogP contribution in [0.2, 0.25) is 0 Å². The average Bonchev–Trinajstić information content (AvgIpc) is 2.39. The van der Waals surface area contributed by atoms with Crippen LogP contribution in [0.5, 0.6) is 0 Å². The third-order valence-corrected chi connectivity index (χ3v) is 2.95. The Labute approximate surface area is 99.8 Å². The molecule has 2 aromatic rings. The standard InChI is InChI=1S/C14H14FNO/c1-2-14(17,12-6-4-8-16-10-12)11-5-3-7-13(15)9-11/h3-10,17H,2H2,1H3. The molecule has 88 valence electrons. The van der Waals surface area contributed by atoms with E-state index in [0.29, 0.717) is 17.5 Å².